The summed E-state index contributed by atoms with van der Waals surface area (Å²) in [6.07, 6.45) is 2.02. The zero-order valence-corrected chi connectivity index (χ0v) is 12.9. The first kappa shape index (κ1) is 14.7. The molecule has 0 aliphatic carbocycles. The van der Waals surface area contributed by atoms with E-state index in [0.29, 0.717) is 11.3 Å². The maximum absolute atomic E-state index is 13.2. The number of thiazole rings is 1. The fourth-order valence-electron chi connectivity index (χ4n) is 2.20. The number of carbonyl (C=O) groups excluding carboxylic acids is 1. The number of aryl methyl sites for hydroxylation is 1. The first-order valence-corrected chi connectivity index (χ1v) is 7.94. The quantitative estimate of drug-likeness (QED) is 0.762. The van der Waals surface area contributed by atoms with Gasteiger partial charge in [-0.3, -0.25) is 4.79 Å². The van der Waals surface area contributed by atoms with Crippen molar-refractivity contribution < 1.29 is 9.18 Å². The molecule has 112 valence electrons. The number of anilines is 1. The van der Waals surface area contributed by atoms with Crippen molar-refractivity contribution in [1.29, 1.82) is 0 Å². The number of nitrogens with one attached hydrogen (secondary N) is 1. The molecule has 22 heavy (non-hydrogen) atoms. The highest BCUT2D eigenvalue weighted by atomic mass is 32.1. The second-order valence-corrected chi connectivity index (χ2v) is 6.12. The van der Waals surface area contributed by atoms with Gasteiger partial charge in [-0.15, -0.1) is 11.3 Å². The van der Waals surface area contributed by atoms with Crippen LogP contribution in [-0.2, 0) is 6.42 Å². The Morgan fingerprint density at radius 2 is 2.14 bits per heavy atom. The number of aromatic nitrogens is 1. The summed E-state index contributed by atoms with van der Waals surface area (Å²) in [4.78, 5) is 16.7. The van der Waals surface area contributed by atoms with Gasteiger partial charge in [0.25, 0.3) is 5.91 Å². The maximum atomic E-state index is 13.2. The molecule has 3 rings (SSSR count). The molecule has 0 radical (unpaired) electrons. The SMILES string of the molecule is CCCc1nc2ccc(NC(=O)c3cccc(F)c3)cc2s1. The molecular weight excluding hydrogens is 299 g/mol. The summed E-state index contributed by atoms with van der Waals surface area (Å²) in [5, 5.41) is 3.89. The third-order valence-electron chi connectivity index (χ3n) is 3.24. The molecule has 0 aliphatic heterocycles. The van der Waals surface area contributed by atoms with Crippen LogP contribution in [-0.4, -0.2) is 10.9 Å². The third kappa shape index (κ3) is 3.14. The Bertz CT molecular complexity index is 828. The number of rotatable bonds is 4. The molecule has 0 fully saturated rings. The second kappa shape index (κ2) is 6.23. The van der Waals surface area contributed by atoms with Gasteiger partial charge >= 0.3 is 0 Å². The summed E-state index contributed by atoms with van der Waals surface area (Å²) in [6.45, 7) is 2.12. The lowest BCUT2D eigenvalue weighted by Crippen LogP contribution is -2.11. The number of hydrogen-bond donors (Lipinski definition) is 1. The Balaban J connectivity index is 1.82. The van der Waals surface area contributed by atoms with Crippen molar-refractivity contribution in [1.82, 2.24) is 4.98 Å². The van der Waals surface area contributed by atoms with Crippen LogP contribution >= 0.6 is 11.3 Å². The van der Waals surface area contributed by atoms with Gasteiger partial charge in [0, 0.05) is 11.3 Å². The van der Waals surface area contributed by atoms with E-state index in [1.165, 1.54) is 18.2 Å². The number of carbonyl (C=O) groups is 1. The van der Waals surface area contributed by atoms with Gasteiger partial charge in [-0.2, -0.15) is 0 Å². The lowest BCUT2D eigenvalue weighted by Gasteiger charge is -2.05. The smallest absolute Gasteiger partial charge is 0.255 e. The van der Waals surface area contributed by atoms with Gasteiger partial charge < -0.3 is 5.32 Å². The highest BCUT2D eigenvalue weighted by Crippen LogP contribution is 2.26. The van der Waals surface area contributed by atoms with E-state index < -0.39 is 5.82 Å². The Hall–Kier alpha value is -2.27. The molecule has 5 heteroatoms. The Labute approximate surface area is 131 Å². The van der Waals surface area contributed by atoms with Crippen LogP contribution < -0.4 is 5.32 Å². The normalized spacial score (nSPS) is 10.8. The zero-order chi connectivity index (χ0) is 15.5. The highest BCUT2D eigenvalue weighted by Gasteiger charge is 2.09. The molecule has 1 aromatic heterocycles. The minimum Gasteiger partial charge on any atom is -0.322 e. The number of amides is 1. The van der Waals surface area contributed by atoms with Crippen molar-refractivity contribution in [2.24, 2.45) is 0 Å². The van der Waals surface area contributed by atoms with Crippen molar-refractivity contribution in [3.63, 3.8) is 0 Å². The van der Waals surface area contributed by atoms with E-state index >= 15 is 0 Å². The summed E-state index contributed by atoms with van der Waals surface area (Å²) in [5.74, 6) is -0.744. The predicted molar refractivity (Wildman–Crippen MR) is 88.0 cm³/mol. The van der Waals surface area contributed by atoms with Crippen LogP contribution in [0.4, 0.5) is 10.1 Å². The van der Waals surface area contributed by atoms with Crippen molar-refractivity contribution in [2.45, 2.75) is 19.8 Å². The number of nitrogens with zero attached hydrogens (tertiary/aromatic N) is 1. The van der Waals surface area contributed by atoms with Crippen LogP contribution in [0.3, 0.4) is 0 Å². The average molecular weight is 314 g/mol. The average Bonchev–Trinajstić information content (AvgIpc) is 2.89. The number of benzene rings is 2. The molecule has 1 N–H and O–H groups in total. The van der Waals surface area contributed by atoms with E-state index in [0.717, 1.165) is 28.1 Å². The summed E-state index contributed by atoms with van der Waals surface area (Å²) >= 11 is 1.64. The third-order valence-corrected chi connectivity index (χ3v) is 4.32. The van der Waals surface area contributed by atoms with E-state index in [1.54, 1.807) is 17.4 Å². The Morgan fingerprint density at radius 3 is 2.91 bits per heavy atom. The fraction of sp³-hybridized carbons (Fsp3) is 0.176. The van der Waals surface area contributed by atoms with Crippen molar-refractivity contribution in [3.8, 4) is 0 Å². The van der Waals surface area contributed by atoms with E-state index in [4.69, 9.17) is 0 Å². The minimum absolute atomic E-state index is 0.302. The van der Waals surface area contributed by atoms with Gasteiger partial charge in [-0.25, -0.2) is 9.37 Å². The van der Waals surface area contributed by atoms with Gasteiger partial charge in [0.15, 0.2) is 0 Å². The molecule has 0 saturated heterocycles. The van der Waals surface area contributed by atoms with E-state index in [9.17, 15) is 9.18 Å². The van der Waals surface area contributed by atoms with E-state index in [2.05, 4.69) is 17.2 Å². The molecule has 0 aliphatic rings. The molecule has 2 aromatic carbocycles. The van der Waals surface area contributed by atoms with Gasteiger partial charge in [-0.1, -0.05) is 13.0 Å². The molecule has 0 atom stereocenters. The monoisotopic (exact) mass is 314 g/mol. The van der Waals surface area contributed by atoms with Crippen LogP contribution in [0.15, 0.2) is 42.5 Å². The summed E-state index contributed by atoms with van der Waals surface area (Å²) < 4.78 is 14.2. The molecule has 1 amide bonds. The Kier molecular flexibility index (Phi) is 4.15. The number of hydrogen-bond acceptors (Lipinski definition) is 3. The molecule has 1 heterocycles. The van der Waals surface area contributed by atoms with Gasteiger partial charge in [0.1, 0.15) is 5.82 Å². The first-order valence-electron chi connectivity index (χ1n) is 7.12. The maximum Gasteiger partial charge on any atom is 0.255 e. The van der Waals surface area contributed by atoms with Crippen molar-refractivity contribution in [2.75, 3.05) is 5.32 Å². The number of fused-ring (bicyclic) bond motifs is 1. The van der Waals surface area contributed by atoms with Crippen LogP contribution in [0.1, 0.15) is 28.7 Å². The first-order chi connectivity index (χ1) is 10.7. The van der Waals surface area contributed by atoms with Crippen LogP contribution in [0.25, 0.3) is 10.2 Å². The molecule has 0 unspecified atom stereocenters. The Morgan fingerprint density at radius 1 is 1.27 bits per heavy atom. The van der Waals surface area contributed by atoms with Crippen LogP contribution in [0.5, 0.6) is 0 Å². The molecule has 3 aromatic rings. The molecule has 0 bridgehead atoms. The lowest BCUT2D eigenvalue weighted by atomic mass is 10.2. The van der Waals surface area contributed by atoms with Crippen molar-refractivity contribution in [3.05, 3.63) is 58.9 Å². The zero-order valence-electron chi connectivity index (χ0n) is 12.1. The lowest BCUT2D eigenvalue weighted by molar-refractivity contribution is 0.102. The van der Waals surface area contributed by atoms with Crippen LogP contribution in [0.2, 0.25) is 0 Å². The summed E-state index contributed by atoms with van der Waals surface area (Å²) in [6, 6.07) is 11.3. The van der Waals surface area contributed by atoms with Gasteiger partial charge in [0.2, 0.25) is 0 Å². The minimum atomic E-state index is -0.422. The second-order valence-electron chi connectivity index (χ2n) is 5.00. The van der Waals surface area contributed by atoms with Gasteiger partial charge in [0.05, 0.1) is 15.2 Å². The molecule has 0 saturated carbocycles. The summed E-state index contributed by atoms with van der Waals surface area (Å²) in [5.41, 5.74) is 1.93. The van der Waals surface area contributed by atoms with Crippen molar-refractivity contribution >= 4 is 33.1 Å². The fourth-order valence-corrected chi connectivity index (χ4v) is 3.31. The molecule has 0 spiro atoms. The van der Waals surface area contributed by atoms with Crippen LogP contribution in [0, 0.1) is 5.82 Å². The van der Waals surface area contributed by atoms with Gasteiger partial charge in [-0.05, 0) is 49.2 Å². The molecule has 3 nitrogen and oxygen atoms in total. The standard InChI is InChI=1S/C17H15FN2OS/c1-2-4-16-20-14-8-7-13(10-15(14)22-16)19-17(21)11-5-3-6-12(18)9-11/h3,5-10H,2,4H2,1H3,(H,19,21). The highest BCUT2D eigenvalue weighted by molar-refractivity contribution is 7.18. The summed E-state index contributed by atoms with van der Waals surface area (Å²) in [7, 11) is 0. The topological polar surface area (TPSA) is 42.0 Å². The largest absolute Gasteiger partial charge is 0.322 e. The van der Waals surface area contributed by atoms with E-state index in [-0.39, 0.29) is 5.91 Å². The molecular formula is C17H15FN2OS. The predicted octanol–water partition coefficient (Wildman–Crippen LogP) is 4.64. The van der Waals surface area contributed by atoms with E-state index in [1.807, 2.05) is 18.2 Å². The number of halogens is 1.